The van der Waals surface area contributed by atoms with Gasteiger partial charge in [-0.05, 0) is 39.2 Å². The molecule has 0 aliphatic heterocycles. The van der Waals surface area contributed by atoms with E-state index in [1.807, 2.05) is 0 Å². The summed E-state index contributed by atoms with van der Waals surface area (Å²) in [6.07, 6.45) is 9.42. The molecule has 3 aliphatic carbocycles. The normalized spacial score (nSPS) is 16.8. The van der Waals surface area contributed by atoms with Gasteiger partial charge in [0.2, 0.25) is 0 Å². The Morgan fingerprint density at radius 1 is 0.767 bits per heavy atom. The second-order valence-electron chi connectivity index (χ2n) is 8.45. The van der Waals surface area contributed by atoms with Crippen molar-refractivity contribution in [1.29, 1.82) is 0 Å². The molecule has 158 valence electrons. The molecule has 0 heterocycles. The summed E-state index contributed by atoms with van der Waals surface area (Å²) in [6, 6.07) is 17.0. The molecule has 0 bridgehead atoms. The van der Waals surface area contributed by atoms with Crippen LogP contribution >= 0.6 is 24.8 Å². The summed E-state index contributed by atoms with van der Waals surface area (Å²) in [7, 11) is 0. The molecule has 2 aromatic rings. The molecule has 0 unspecified atom stereocenters. The monoisotopic (exact) mass is 515 g/mol. The topological polar surface area (TPSA) is 0 Å². The van der Waals surface area contributed by atoms with Crippen LogP contribution in [0.15, 0.2) is 53.1 Å². The summed E-state index contributed by atoms with van der Waals surface area (Å²) in [5.41, 5.74) is 12.7. The second kappa shape index (κ2) is 11.2. The fraction of sp³-hybridized carbons (Fsp3) is 0.370. The van der Waals surface area contributed by atoms with E-state index in [2.05, 4.69) is 63.2 Å². The van der Waals surface area contributed by atoms with Crippen LogP contribution in [0.25, 0.3) is 16.7 Å². The van der Waals surface area contributed by atoms with E-state index in [1.165, 1.54) is 82.2 Å². The third kappa shape index (κ3) is 5.35. The van der Waals surface area contributed by atoms with Gasteiger partial charge in [-0.15, -0.1) is 59.7 Å². The molecule has 5 rings (SSSR count). The van der Waals surface area contributed by atoms with Crippen molar-refractivity contribution in [2.24, 2.45) is 0 Å². The van der Waals surface area contributed by atoms with Crippen LogP contribution in [0, 0.1) is 6.07 Å². The van der Waals surface area contributed by atoms with Crippen LogP contribution in [-0.2, 0) is 30.7 Å². The predicted molar refractivity (Wildman–Crippen MR) is 132 cm³/mol. The molecule has 0 saturated heterocycles. The maximum absolute atomic E-state index is 3.70. The SMILES string of the molecule is CC1=C(C)C(C)=C(c2[c-]c3c(cc2)-c2ccccc2C3)C1.Cl.Cl.[Zr]=[C]1CCCCC1. The zero-order chi connectivity index (χ0) is 19.7. The number of allylic oxidation sites excluding steroid dienone is 4. The fourth-order valence-electron chi connectivity index (χ4n) is 4.59. The molecule has 2 aromatic carbocycles. The van der Waals surface area contributed by atoms with Crippen molar-refractivity contribution in [3.63, 3.8) is 0 Å². The molecule has 0 atom stereocenters. The second-order valence-corrected chi connectivity index (χ2v) is 10.2. The summed E-state index contributed by atoms with van der Waals surface area (Å²) in [6.45, 7) is 6.73. The molecule has 1 saturated carbocycles. The zero-order valence-corrected chi connectivity index (χ0v) is 22.3. The van der Waals surface area contributed by atoms with E-state index in [4.69, 9.17) is 0 Å². The number of hydrogen-bond acceptors (Lipinski definition) is 0. The van der Waals surface area contributed by atoms with Gasteiger partial charge in [0.05, 0.1) is 0 Å². The van der Waals surface area contributed by atoms with Crippen molar-refractivity contribution in [1.82, 2.24) is 0 Å². The third-order valence-corrected chi connectivity index (χ3v) is 7.81. The molecule has 0 nitrogen and oxygen atoms in total. The Morgan fingerprint density at radius 2 is 1.47 bits per heavy atom. The first-order chi connectivity index (χ1) is 13.5. The van der Waals surface area contributed by atoms with Gasteiger partial charge in [0, 0.05) is 0 Å². The number of halogens is 2. The number of fused-ring (bicyclic) bond motifs is 3. The summed E-state index contributed by atoms with van der Waals surface area (Å²) >= 11 is 1.69. The summed E-state index contributed by atoms with van der Waals surface area (Å²) < 4.78 is 1.80. The standard InChI is InChI=1S/C21H19.C6H10.2ClH.Zr/c1-13-10-21(15(3)14(13)2)17-8-9-20-18(12-17)11-16-6-4-5-7-19(16)20;1-2-4-6-5-3-1;;;/h4-9H,10-11H2,1-3H3;1-5H2;2*1H;/q-1;;;;. The van der Waals surface area contributed by atoms with Crippen molar-refractivity contribution in [2.45, 2.75) is 65.7 Å². The summed E-state index contributed by atoms with van der Waals surface area (Å²) in [5.74, 6) is 0. The Hall–Kier alpha value is -0.747. The van der Waals surface area contributed by atoms with Crippen LogP contribution in [-0.4, -0.2) is 3.21 Å². The molecule has 1 fully saturated rings. The van der Waals surface area contributed by atoms with Gasteiger partial charge in [-0.25, -0.2) is 0 Å². The summed E-state index contributed by atoms with van der Waals surface area (Å²) in [4.78, 5) is 0. The third-order valence-electron chi connectivity index (χ3n) is 6.58. The maximum atomic E-state index is 3.70. The Balaban J connectivity index is 0.000000307. The summed E-state index contributed by atoms with van der Waals surface area (Å²) in [5, 5.41) is 0. The van der Waals surface area contributed by atoms with E-state index < -0.39 is 0 Å². The van der Waals surface area contributed by atoms with E-state index in [0.29, 0.717) is 0 Å². The molecule has 0 N–H and O–H groups in total. The first kappa shape index (κ1) is 25.5. The van der Waals surface area contributed by atoms with Crippen molar-refractivity contribution in [2.75, 3.05) is 0 Å². The minimum absolute atomic E-state index is 0. The van der Waals surface area contributed by atoms with Gasteiger partial charge in [-0.2, -0.15) is 0 Å². The van der Waals surface area contributed by atoms with Crippen molar-refractivity contribution in [3.05, 3.63) is 75.9 Å². The van der Waals surface area contributed by atoms with Gasteiger partial charge in [-0.3, -0.25) is 0 Å². The quantitative estimate of drug-likeness (QED) is 0.286. The van der Waals surface area contributed by atoms with E-state index in [1.54, 1.807) is 27.4 Å². The van der Waals surface area contributed by atoms with E-state index in [9.17, 15) is 0 Å². The van der Waals surface area contributed by atoms with Crippen LogP contribution in [0.5, 0.6) is 0 Å². The molecule has 3 heteroatoms. The van der Waals surface area contributed by atoms with Crippen LogP contribution in [0.4, 0.5) is 0 Å². The van der Waals surface area contributed by atoms with E-state index >= 15 is 0 Å². The van der Waals surface area contributed by atoms with Crippen LogP contribution < -0.4 is 0 Å². The van der Waals surface area contributed by atoms with Gasteiger partial charge in [0.15, 0.2) is 0 Å². The van der Waals surface area contributed by atoms with Gasteiger partial charge >= 0.3 is 59.5 Å². The Kier molecular flexibility index (Phi) is 9.54. The number of benzene rings is 2. The fourth-order valence-corrected chi connectivity index (χ4v) is 5.46. The van der Waals surface area contributed by atoms with Crippen molar-refractivity contribution in [3.8, 4) is 11.1 Å². The van der Waals surface area contributed by atoms with Gasteiger partial charge < -0.3 is 0 Å². The Labute approximate surface area is 209 Å². The number of hydrogen-bond donors (Lipinski definition) is 0. The van der Waals surface area contributed by atoms with Gasteiger partial charge in [-0.1, -0.05) is 52.1 Å². The number of rotatable bonds is 1. The van der Waals surface area contributed by atoms with E-state index in [-0.39, 0.29) is 24.8 Å². The molecular weight excluding hydrogens is 486 g/mol. The molecule has 0 amide bonds. The molecular formula is C27H31Cl2Zr-. The van der Waals surface area contributed by atoms with Crippen LogP contribution in [0.2, 0.25) is 0 Å². The molecule has 30 heavy (non-hydrogen) atoms. The van der Waals surface area contributed by atoms with Crippen LogP contribution in [0.1, 0.15) is 76.0 Å². The average molecular weight is 518 g/mol. The molecule has 3 aliphatic rings. The van der Waals surface area contributed by atoms with Crippen LogP contribution in [0.3, 0.4) is 0 Å². The Morgan fingerprint density at radius 3 is 2.07 bits per heavy atom. The molecule has 0 aromatic heterocycles. The van der Waals surface area contributed by atoms with Gasteiger partial charge in [0.1, 0.15) is 0 Å². The predicted octanol–water partition coefficient (Wildman–Crippen LogP) is 8.08. The minimum atomic E-state index is 0. The molecule has 0 radical (unpaired) electrons. The van der Waals surface area contributed by atoms with Gasteiger partial charge in [0.25, 0.3) is 0 Å². The average Bonchev–Trinajstić information content (AvgIpc) is 3.21. The zero-order valence-electron chi connectivity index (χ0n) is 18.2. The van der Waals surface area contributed by atoms with Crippen molar-refractivity contribution < 1.29 is 24.2 Å². The van der Waals surface area contributed by atoms with Crippen molar-refractivity contribution >= 4 is 33.6 Å². The first-order valence-corrected chi connectivity index (χ1v) is 11.8. The molecule has 0 spiro atoms. The Bertz CT molecular complexity index is 990. The van der Waals surface area contributed by atoms with E-state index in [0.717, 1.165) is 12.8 Å². The first-order valence-electron chi connectivity index (χ1n) is 10.6.